The molecule has 0 aromatic heterocycles. The number of carboxylic acid groups (broad SMARTS) is 1. The maximum atomic E-state index is 12.9. The number of ether oxygens (including phenoxy) is 1. The van der Waals surface area contributed by atoms with Gasteiger partial charge in [-0.15, -0.1) is 0 Å². The number of carboxylic acids is 1. The van der Waals surface area contributed by atoms with Gasteiger partial charge in [0.25, 0.3) is 0 Å². The Hall–Kier alpha value is -2.41. The summed E-state index contributed by atoms with van der Waals surface area (Å²) < 4.78 is 5.42. The summed E-state index contributed by atoms with van der Waals surface area (Å²) in [6.45, 7) is 5.36. The number of carbonyl (C=O) groups is 3. The van der Waals surface area contributed by atoms with Crippen LogP contribution < -0.4 is 4.90 Å². The molecular formula is C19H24N2O5. The lowest BCUT2D eigenvalue weighted by Gasteiger charge is -2.33. The van der Waals surface area contributed by atoms with Crippen molar-refractivity contribution in [1.29, 1.82) is 0 Å². The molecule has 0 aliphatic carbocycles. The molecule has 2 heterocycles. The maximum absolute atomic E-state index is 12.9. The number of anilines is 1. The van der Waals surface area contributed by atoms with Crippen LogP contribution >= 0.6 is 0 Å². The molecule has 3 rings (SSSR count). The zero-order valence-corrected chi connectivity index (χ0v) is 15.1. The highest BCUT2D eigenvalue weighted by molar-refractivity contribution is 6.01. The van der Waals surface area contributed by atoms with Crippen LogP contribution in [0.1, 0.15) is 24.0 Å². The van der Waals surface area contributed by atoms with Crippen molar-refractivity contribution in [2.75, 3.05) is 31.1 Å². The van der Waals surface area contributed by atoms with Gasteiger partial charge in [0.2, 0.25) is 11.8 Å². The molecule has 1 aromatic rings. The van der Waals surface area contributed by atoms with Crippen molar-refractivity contribution in [1.82, 2.24) is 4.90 Å². The molecule has 0 radical (unpaired) electrons. The Kier molecular flexibility index (Phi) is 5.27. The van der Waals surface area contributed by atoms with E-state index in [9.17, 15) is 14.4 Å². The molecule has 2 fully saturated rings. The third-order valence-corrected chi connectivity index (χ3v) is 5.19. The van der Waals surface area contributed by atoms with Gasteiger partial charge < -0.3 is 19.6 Å². The standard InChI is InChI=1S/C19H24N2O5/c1-12-4-3-5-16(13(12)2)21-10-14(8-17(21)22)19(25)20-6-7-26-15(11-20)9-18(23)24/h3-5,14-15H,6-11H2,1-2H3,(H,23,24)/t14-,15-/m0/s1. The van der Waals surface area contributed by atoms with Crippen molar-refractivity contribution < 1.29 is 24.2 Å². The largest absolute Gasteiger partial charge is 0.481 e. The van der Waals surface area contributed by atoms with E-state index in [0.29, 0.717) is 19.7 Å². The fourth-order valence-electron chi connectivity index (χ4n) is 3.63. The molecule has 0 bridgehead atoms. The van der Waals surface area contributed by atoms with Crippen LogP contribution in [-0.4, -0.2) is 60.1 Å². The highest BCUT2D eigenvalue weighted by Crippen LogP contribution is 2.30. The average molecular weight is 360 g/mol. The molecule has 0 spiro atoms. The van der Waals surface area contributed by atoms with Gasteiger partial charge in [-0.05, 0) is 31.0 Å². The van der Waals surface area contributed by atoms with E-state index in [1.807, 2.05) is 32.0 Å². The molecule has 0 unspecified atom stereocenters. The highest BCUT2D eigenvalue weighted by atomic mass is 16.5. The quantitative estimate of drug-likeness (QED) is 0.876. The Balaban J connectivity index is 1.69. The fraction of sp³-hybridized carbons (Fsp3) is 0.526. The first-order valence-electron chi connectivity index (χ1n) is 8.85. The Morgan fingerprint density at radius 1 is 1.27 bits per heavy atom. The van der Waals surface area contributed by atoms with Crippen LogP contribution in [0.4, 0.5) is 5.69 Å². The van der Waals surface area contributed by atoms with E-state index in [1.165, 1.54) is 0 Å². The van der Waals surface area contributed by atoms with Crippen molar-refractivity contribution >= 4 is 23.5 Å². The summed E-state index contributed by atoms with van der Waals surface area (Å²) in [5.74, 6) is -1.48. The monoisotopic (exact) mass is 360 g/mol. The molecule has 2 aliphatic rings. The first-order valence-corrected chi connectivity index (χ1v) is 8.85. The topological polar surface area (TPSA) is 87.2 Å². The molecule has 140 valence electrons. The predicted octanol–water partition coefficient (Wildman–Crippen LogP) is 1.36. The Labute approximate surface area is 152 Å². The number of hydrogen-bond donors (Lipinski definition) is 1. The van der Waals surface area contributed by atoms with E-state index < -0.39 is 18.0 Å². The zero-order valence-electron chi connectivity index (χ0n) is 15.1. The van der Waals surface area contributed by atoms with Crippen LogP contribution in [-0.2, 0) is 19.1 Å². The van der Waals surface area contributed by atoms with Crippen molar-refractivity contribution in [3.63, 3.8) is 0 Å². The molecule has 7 heteroatoms. The Morgan fingerprint density at radius 3 is 2.77 bits per heavy atom. The first-order chi connectivity index (χ1) is 12.4. The summed E-state index contributed by atoms with van der Waals surface area (Å²) in [7, 11) is 0. The van der Waals surface area contributed by atoms with Crippen molar-refractivity contribution in [3.05, 3.63) is 29.3 Å². The number of amides is 2. The van der Waals surface area contributed by atoms with E-state index in [0.717, 1.165) is 16.8 Å². The number of benzene rings is 1. The van der Waals surface area contributed by atoms with Crippen molar-refractivity contribution in [3.8, 4) is 0 Å². The molecule has 7 nitrogen and oxygen atoms in total. The SMILES string of the molecule is Cc1cccc(N2C[C@@H](C(=O)N3CCO[C@@H](CC(=O)O)C3)CC2=O)c1C. The van der Waals surface area contributed by atoms with Gasteiger partial charge in [-0.25, -0.2) is 0 Å². The lowest BCUT2D eigenvalue weighted by atomic mass is 10.1. The van der Waals surface area contributed by atoms with E-state index in [-0.39, 0.29) is 31.2 Å². The average Bonchev–Trinajstić information content (AvgIpc) is 2.98. The molecule has 2 aliphatic heterocycles. The summed E-state index contributed by atoms with van der Waals surface area (Å²) in [5.41, 5.74) is 3.01. The fourth-order valence-corrected chi connectivity index (χ4v) is 3.63. The van der Waals surface area contributed by atoms with E-state index in [4.69, 9.17) is 9.84 Å². The number of rotatable bonds is 4. The summed E-state index contributed by atoms with van der Waals surface area (Å²) in [6, 6.07) is 5.82. The van der Waals surface area contributed by atoms with Crippen LogP contribution in [0.15, 0.2) is 18.2 Å². The minimum absolute atomic E-state index is 0.0487. The normalized spacial score (nSPS) is 23.4. The van der Waals surface area contributed by atoms with Gasteiger partial charge >= 0.3 is 5.97 Å². The molecule has 26 heavy (non-hydrogen) atoms. The summed E-state index contributed by atoms with van der Waals surface area (Å²) in [5, 5.41) is 8.91. The Morgan fingerprint density at radius 2 is 2.04 bits per heavy atom. The summed E-state index contributed by atoms with van der Waals surface area (Å²) >= 11 is 0. The van der Waals surface area contributed by atoms with Crippen molar-refractivity contribution in [2.45, 2.75) is 32.8 Å². The third-order valence-electron chi connectivity index (χ3n) is 5.19. The number of nitrogens with zero attached hydrogens (tertiary/aromatic N) is 2. The number of aryl methyl sites for hydroxylation is 1. The van der Waals surface area contributed by atoms with Crippen LogP contribution in [0.3, 0.4) is 0 Å². The van der Waals surface area contributed by atoms with Gasteiger partial charge in [-0.1, -0.05) is 12.1 Å². The Bertz CT molecular complexity index is 733. The van der Waals surface area contributed by atoms with E-state index in [1.54, 1.807) is 9.80 Å². The molecule has 2 saturated heterocycles. The predicted molar refractivity (Wildman–Crippen MR) is 94.9 cm³/mol. The van der Waals surface area contributed by atoms with Gasteiger partial charge in [0.05, 0.1) is 25.0 Å². The van der Waals surface area contributed by atoms with Gasteiger partial charge in [0.15, 0.2) is 0 Å². The minimum atomic E-state index is -0.943. The second kappa shape index (κ2) is 7.45. The number of hydrogen-bond acceptors (Lipinski definition) is 4. The molecule has 1 aromatic carbocycles. The van der Waals surface area contributed by atoms with Crippen LogP contribution in [0, 0.1) is 19.8 Å². The van der Waals surface area contributed by atoms with Crippen LogP contribution in [0.25, 0.3) is 0 Å². The van der Waals surface area contributed by atoms with Gasteiger partial charge in [-0.2, -0.15) is 0 Å². The lowest BCUT2D eigenvalue weighted by Crippen LogP contribution is -2.48. The number of aliphatic carboxylic acids is 1. The third kappa shape index (κ3) is 3.72. The minimum Gasteiger partial charge on any atom is -0.481 e. The highest BCUT2D eigenvalue weighted by Gasteiger charge is 2.39. The first kappa shape index (κ1) is 18.4. The number of carbonyl (C=O) groups excluding carboxylic acids is 2. The van der Waals surface area contributed by atoms with Gasteiger partial charge in [0.1, 0.15) is 0 Å². The van der Waals surface area contributed by atoms with Crippen LogP contribution in [0.2, 0.25) is 0 Å². The van der Waals surface area contributed by atoms with E-state index >= 15 is 0 Å². The van der Waals surface area contributed by atoms with Gasteiger partial charge in [0, 0.05) is 31.7 Å². The van der Waals surface area contributed by atoms with Crippen LogP contribution in [0.5, 0.6) is 0 Å². The molecule has 2 atom stereocenters. The maximum Gasteiger partial charge on any atom is 0.306 e. The smallest absolute Gasteiger partial charge is 0.306 e. The molecule has 1 N–H and O–H groups in total. The second-order valence-electron chi connectivity index (χ2n) is 7.00. The van der Waals surface area contributed by atoms with Gasteiger partial charge in [-0.3, -0.25) is 14.4 Å². The lowest BCUT2D eigenvalue weighted by molar-refractivity contribution is -0.149. The van der Waals surface area contributed by atoms with E-state index in [2.05, 4.69) is 0 Å². The second-order valence-corrected chi connectivity index (χ2v) is 7.00. The molecular weight excluding hydrogens is 336 g/mol. The molecule has 2 amide bonds. The number of morpholine rings is 1. The zero-order chi connectivity index (χ0) is 18.8. The van der Waals surface area contributed by atoms with Crippen molar-refractivity contribution in [2.24, 2.45) is 5.92 Å². The molecule has 0 saturated carbocycles. The summed E-state index contributed by atoms with van der Waals surface area (Å²) in [4.78, 5) is 39.6. The summed E-state index contributed by atoms with van der Waals surface area (Å²) in [6.07, 6.45) is -0.424.